The minimum absolute atomic E-state index is 0.0326. The summed E-state index contributed by atoms with van der Waals surface area (Å²) in [5.74, 6) is 0. The molecule has 3 rings (SSSR count). The summed E-state index contributed by atoms with van der Waals surface area (Å²) in [6.07, 6.45) is 3.35. The fourth-order valence-electron chi connectivity index (χ4n) is 3.18. The van der Waals surface area contributed by atoms with E-state index in [0.717, 1.165) is 23.8 Å². The molecule has 0 aromatic heterocycles. The third kappa shape index (κ3) is 6.55. The molecule has 1 aliphatic rings. The van der Waals surface area contributed by atoms with Crippen LogP contribution in [0, 0.1) is 0 Å². The summed E-state index contributed by atoms with van der Waals surface area (Å²) in [4.78, 5) is 0.0326. The lowest BCUT2D eigenvalue weighted by Gasteiger charge is -2.26. The molecular weight excluding hydrogens is 450 g/mol. The van der Waals surface area contributed by atoms with E-state index in [1.807, 2.05) is 18.2 Å². The monoisotopic (exact) mass is 479 g/mol. The number of ether oxygens (including phenoxy) is 1. The molecule has 2 aromatic rings. The van der Waals surface area contributed by atoms with E-state index in [4.69, 9.17) is 4.74 Å². The maximum Gasteiger partial charge on any atom is 0.255 e. The van der Waals surface area contributed by atoms with Gasteiger partial charge in [-0.1, -0.05) is 43.7 Å². The van der Waals surface area contributed by atoms with E-state index >= 15 is 0 Å². The van der Waals surface area contributed by atoms with Crippen LogP contribution in [0.2, 0.25) is 0 Å². The highest BCUT2D eigenvalue weighted by Gasteiger charge is 2.27. The Morgan fingerprint density at radius 2 is 1.72 bits per heavy atom. The highest BCUT2D eigenvalue weighted by atomic mass is 32.2. The first kappa shape index (κ1) is 24.2. The molecule has 1 heterocycles. The fraction of sp³-hybridized carbons (Fsp3) is 0.364. The molecule has 0 bridgehead atoms. The normalized spacial score (nSPS) is 15.7. The number of benzene rings is 2. The van der Waals surface area contributed by atoms with Crippen LogP contribution in [0.5, 0.6) is 0 Å². The molecule has 0 amide bonds. The largest absolute Gasteiger partial charge is 0.383 e. The van der Waals surface area contributed by atoms with E-state index in [9.17, 15) is 16.8 Å². The predicted molar refractivity (Wildman–Crippen MR) is 127 cm³/mol. The maximum atomic E-state index is 13.0. The van der Waals surface area contributed by atoms with Gasteiger partial charge in [0.2, 0.25) is 10.0 Å². The molecule has 32 heavy (non-hydrogen) atoms. The average Bonchev–Trinajstić information content (AvgIpc) is 2.80. The number of nitrogens with one attached hydrogen (secondary N) is 2. The number of hydrogen-bond acceptors (Lipinski definition) is 6. The van der Waals surface area contributed by atoms with Gasteiger partial charge in [-0.3, -0.25) is 4.72 Å². The van der Waals surface area contributed by atoms with Crippen LogP contribution in [-0.4, -0.2) is 54.0 Å². The standard InChI is InChI=1S/C22H29N3O5S2/c1-2-3-12-23-21-10-9-20(32(28,29)25-13-15-30-16-14-25)18-22(21)24-31(26,27)17-11-19-7-5-4-6-8-19/h4-11,17-18,23-24H,2-3,12-16H2,1H3. The first-order chi connectivity index (χ1) is 15.3. The van der Waals surface area contributed by atoms with Crippen LogP contribution in [0.3, 0.4) is 0 Å². The number of unbranched alkanes of at least 4 members (excludes halogenated alkanes) is 1. The molecule has 0 radical (unpaired) electrons. The number of anilines is 2. The molecule has 10 heteroatoms. The molecule has 0 saturated carbocycles. The van der Waals surface area contributed by atoms with Crippen LogP contribution in [0.15, 0.2) is 58.8 Å². The molecule has 0 aliphatic carbocycles. The quantitative estimate of drug-likeness (QED) is 0.507. The topological polar surface area (TPSA) is 105 Å². The van der Waals surface area contributed by atoms with E-state index in [-0.39, 0.29) is 23.7 Å². The van der Waals surface area contributed by atoms with Crippen molar-refractivity contribution in [2.75, 3.05) is 42.9 Å². The second-order valence-corrected chi connectivity index (χ2v) is 10.9. The highest BCUT2D eigenvalue weighted by molar-refractivity contribution is 7.95. The van der Waals surface area contributed by atoms with Gasteiger partial charge in [0.1, 0.15) is 0 Å². The van der Waals surface area contributed by atoms with Crippen LogP contribution < -0.4 is 10.0 Å². The molecule has 1 fully saturated rings. The Balaban J connectivity index is 1.90. The van der Waals surface area contributed by atoms with Crippen LogP contribution >= 0.6 is 0 Å². The number of sulfonamides is 2. The van der Waals surface area contributed by atoms with E-state index in [1.165, 1.54) is 22.5 Å². The van der Waals surface area contributed by atoms with Gasteiger partial charge < -0.3 is 10.1 Å². The Morgan fingerprint density at radius 1 is 1.00 bits per heavy atom. The zero-order valence-electron chi connectivity index (χ0n) is 18.0. The van der Waals surface area contributed by atoms with Crippen LogP contribution in [0.4, 0.5) is 11.4 Å². The molecule has 0 spiro atoms. The smallest absolute Gasteiger partial charge is 0.255 e. The van der Waals surface area contributed by atoms with Crippen molar-refractivity contribution in [2.45, 2.75) is 24.7 Å². The van der Waals surface area contributed by atoms with Gasteiger partial charge in [0.15, 0.2) is 0 Å². The van der Waals surface area contributed by atoms with Crippen molar-refractivity contribution in [1.29, 1.82) is 0 Å². The van der Waals surface area contributed by atoms with Gasteiger partial charge in [0.25, 0.3) is 10.0 Å². The third-order valence-electron chi connectivity index (χ3n) is 4.94. The zero-order valence-corrected chi connectivity index (χ0v) is 19.7. The van der Waals surface area contributed by atoms with Gasteiger partial charge in [0, 0.05) is 19.6 Å². The van der Waals surface area contributed by atoms with Gasteiger partial charge in [-0.2, -0.15) is 4.31 Å². The maximum absolute atomic E-state index is 13.0. The number of nitrogens with zero attached hydrogens (tertiary/aromatic N) is 1. The lowest BCUT2D eigenvalue weighted by atomic mass is 10.2. The summed E-state index contributed by atoms with van der Waals surface area (Å²) in [5.41, 5.74) is 1.45. The molecule has 174 valence electrons. The number of morpholine rings is 1. The van der Waals surface area contributed by atoms with Crippen LogP contribution in [-0.2, 0) is 24.8 Å². The first-order valence-corrected chi connectivity index (χ1v) is 13.5. The Kier molecular flexibility index (Phi) is 8.30. The average molecular weight is 480 g/mol. The van der Waals surface area contributed by atoms with E-state index in [0.29, 0.717) is 25.4 Å². The molecule has 0 unspecified atom stereocenters. The highest BCUT2D eigenvalue weighted by Crippen LogP contribution is 2.29. The SMILES string of the molecule is CCCCNc1ccc(S(=O)(=O)N2CCOCC2)cc1NS(=O)(=O)C=Cc1ccccc1. The first-order valence-electron chi connectivity index (χ1n) is 10.5. The summed E-state index contributed by atoms with van der Waals surface area (Å²) in [5, 5.41) is 4.26. The molecule has 0 atom stereocenters. The molecule has 2 aromatic carbocycles. The fourth-order valence-corrected chi connectivity index (χ4v) is 5.49. The van der Waals surface area contributed by atoms with Crippen molar-refractivity contribution < 1.29 is 21.6 Å². The van der Waals surface area contributed by atoms with Crippen molar-refractivity contribution in [2.24, 2.45) is 0 Å². The van der Waals surface area contributed by atoms with E-state index in [1.54, 1.807) is 18.2 Å². The summed E-state index contributed by atoms with van der Waals surface area (Å²) in [7, 11) is -7.64. The van der Waals surface area contributed by atoms with Crippen molar-refractivity contribution in [1.82, 2.24) is 4.31 Å². The Hall–Kier alpha value is -2.40. The second kappa shape index (κ2) is 11.0. The second-order valence-electron chi connectivity index (χ2n) is 7.36. The predicted octanol–water partition coefficient (Wildman–Crippen LogP) is 3.33. The lowest BCUT2D eigenvalue weighted by Crippen LogP contribution is -2.40. The third-order valence-corrected chi connectivity index (χ3v) is 7.83. The minimum Gasteiger partial charge on any atom is -0.383 e. The minimum atomic E-state index is -3.87. The van der Waals surface area contributed by atoms with Crippen LogP contribution in [0.25, 0.3) is 6.08 Å². The van der Waals surface area contributed by atoms with E-state index in [2.05, 4.69) is 17.0 Å². The van der Waals surface area contributed by atoms with Gasteiger partial charge in [-0.05, 0) is 36.3 Å². The summed E-state index contributed by atoms with van der Waals surface area (Å²) in [6.45, 7) is 3.89. The van der Waals surface area contributed by atoms with Gasteiger partial charge in [-0.15, -0.1) is 0 Å². The molecular formula is C22H29N3O5S2. The number of rotatable bonds is 10. The molecule has 8 nitrogen and oxygen atoms in total. The van der Waals surface area contributed by atoms with Gasteiger partial charge >= 0.3 is 0 Å². The van der Waals surface area contributed by atoms with Crippen molar-refractivity contribution in [3.8, 4) is 0 Å². The molecule has 2 N–H and O–H groups in total. The van der Waals surface area contributed by atoms with Crippen LogP contribution in [0.1, 0.15) is 25.3 Å². The summed E-state index contributed by atoms with van der Waals surface area (Å²) >= 11 is 0. The van der Waals surface area contributed by atoms with Gasteiger partial charge in [-0.25, -0.2) is 16.8 Å². The summed E-state index contributed by atoms with van der Waals surface area (Å²) in [6, 6.07) is 13.5. The molecule has 1 saturated heterocycles. The van der Waals surface area contributed by atoms with E-state index < -0.39 is 20.0 Å². The van der Waals surface area contributed by atoms with Crippen molar-refractivity contribution in [3.05, 3.63) is 59.5 Å². The zero-order chi connectivity index (χ0) is 23.0. The van der Waals surface area contributed by atoms with Gasteiger partial charge in [0.05, 0.1) is 34.9 Å². The van der Waals surface area contributed by atoms with Crippen molar-refractivity contribution in [3.63, 3.8) is 0 Å². The Bertz CT molecular complexity index is 1130. The lowest BCUT2D eigenvalue weighted by molar-refractivity contribution is 0.0730. The number of hydrogen-bond donors (Lipinski definition) is 2. The Labute approximate surface area is 190 Å². The Morgan fingerprint density at radius 3 is 2.41 bits per heavy atom. The summed E-state index contributed by atoms with van der Waals surface area (Å²) < 4.78 is 60.6. The molecule has 1 aliphatic heterocycles. The van der Waals surface area contributed by atoms with Crippen molar-refractivity contribution >= 4 is 37.5 Å².